The van der Waals surface area contributed by atoms with Gasteiger partial charge in [0.2, 0.25) is 0 Å². The van der Waals surface area contributed by atoms with Crippen LogP contribution in [0.4, 0.5) is 0 Å². The van der Waals surface area contributed by atoms with Crippen molar-refractivity contribution in [1.82, 2.24) is 0 Å². The number of halogens is 2. The maximum absolute atomic E-state index is 2.27. The van der Waals surface area contributed by atoms with Gasteiger partial charge in [0, 0.05) is 0 Å². The Balaban J connectivity index is 0.000000584. The van der Waals surface area contributed by atoms with Crippen molar-refractivity contribution in [2.24, 2.45) is 0 Å². The van der Waals surface area contributed by atoms with E-state index in [1.807, 2.05) is 6.07 Å². The van der Waals surface area contributed by atoms with Crippen LogP contribution in [0.3, 0.4) is 0 Å². The fourth-order valence-corrected chi connectivity index (χ4v) is 3.60. The number of hydrogen-bond donors (Lipinski definition) is 0. The predicted molar refractivity (Wildman–Crippen MR) is 133 cm³/mol. The van der Waals surface area contributed by atoms with E-state index in [-0.39, 0.29) is 56.4 Å². The van der Waals surface area contributed by atoms with E-state index in [2.05, 4.69) is 121 Å². The summed E-state index contributed by atoms with van der Waals surface area (Å²) >= 11 is 0. The van der Waals surface area contributed by atoms with Gasteiger partial charge in [0.25, 0.3) is 0 Å². The molecule has 0 amide bonds. The molecular formula is C30H34Cl2Zr. The van der Waals surface area contributed by atoms with E-state index in [9.17, 15) is 0 Å². The fourth-order valence-electron chi connectivity index (χ4n) is 3.60. The van der Waals surface area contributed by atoms with Crippen LogP contribution in [0, 0.1) is 27.7 Å². The molecule has 0 aliphatic carbocycles. The molecular weight excluding hydrogens is 522 g/mol. The summed E-state index contributed by atoms with van der Waals surface area (Å²) < 4.78 is 0. The zero-order valence-electron chi connectivity index (χ0n) is 20.8. The predicted octanol–water partition coefficient (Wildman–Crippen LogP) is 2.68. The van der Waals surface area contributed by atoms with Gasteiger partial charge in [0.1, 0.15) is 0 Å². The first kappa shape index (κ1) is 31.6. The molecule has 0 N–H and O–H groups in total. The molecule has 4 aromatic rings. The van der Waals surface area contributed by atoms with E-state index in [1.165, 1.54) is 50.1 Å². The Morgan fingerprint density at radius 1 is 0.515 bits per heavy atom. The Morgan fingerprint density at radius 3 is 1.18 bits per heavy atom. The van der Waals surface area contributed by atoms with Crippen LogP contribution >= 0.6 is 0 Å². The summed E-state index contributed by atoms with van der Waals surface area (Å²) in [6.07, 6.45) is 0. The molecule has 3 heteroatoms. The number of aryl methyl sites for hydroxylation is 4. The van der Waals surface area contributed by atoms with Crippen molar-refractivity contribution in [3.05, 3.63) is 107 Å². The average molecular weight is 557 g/mol. The molecule has 0 unspecified atom stereocenters. The van der Waals surface area contributed by atoms with Gasteiger partial charge in [-0.15, -0.1) is 81.9 Å². The van der Waals surface area contributed by atoms with Crippen molar-refractivity contribution >= 4 is 0 Å². The Bertz CT molecular complexity index is 1060. The van der Waals surface area contributed by atoms with Gasteiger partial charge in [-0.3, -0.25) is 0 Å². The first-order valence-corrected chi connectivity index (χ1v) is 10.8. The van der Waals surface area contributed by atoms with E-state index < -0.39 is 0 Å². The van der Waals surface area contributed by atoms with Crippen molar-refractivity contribution in [3.8, 4) is 22.3 Å². The van der Waals surface area contributed by atoms with E-state index >= 15 is 0 Å². The Labute approximate surface area is 232 Å². The SMILES string of the molecule is Cc1c[c-](-c2ccc(C(C)(C)C)cc2)cc1C.Cc1c[c-](-c2ccccc2)cc1C.[Cl-].[Cl-].[Zr+4]. The van der Waals surface area contributed by atoms with Gasteiger partial charge in [0.15, 0.2) is 0 Å². The van der Waals surface area contributed by atoms with Gasteiger partial charge in [-0.05, 0) is 5.41 Å². The second kappa shape index (κ2) is 13.5. The van der Waals surface area contributed by atoms with Gasteiger partial charge < -0.3 is 24.8 Å². The number of rotatable bonds is 2. The molecule has 0 bridgehead atoms. The second-order valence-electron chi connectivity index (χ2n) is 9.41. The van der Waals surface area contributed by atoms with Crippen molar-refractivity contribution in [2.75, 3.05) is 0 Å². The molecule has 0 nitrogen and oxygen atoms in total. The molecule has 0 fully saturated rings. The van der Waals surface area contributed by atoms with Crippen molar-refractivity contribution in [2.45, 2.75) is 53.9 Å². The van der Waals surface area contributed by atoms with Crippen LogP contribution in [0.5, 0.6) is 0 Å². The Kier molecular flexibility index (Phi) is 12.9. The molecule has 0 saturated carbocycles. The standard InChI is InChI=1S/C17H21.C13H13.2ClH.Zr/c1-12-10-15(11-13(12)2)14-6-8-16(9-7-14)17(3,4)5;1-10-8-13(9-11(10)2)12-6-4-3-5-7-12;;;/h6-11H,1-5H3;3-9H,1-2H3;2*1H;/q2*-1;;;+4/p-2. The molecule has 0 saturated heterocycles. The smallest absolute Gasteiger partial charge is 1.00 e. The third-order valence-electron chi connectivity index (χ3n) is 5.92. The van der Waals surface area contributed by atoms with Crippen LogP contribution in [0.2, 0.25) is 0 Å². The summed E-state index contributed by atoms with van der Waals surface area (Å²) in [4.78, 5) is 0. The third-order valence-corrected chi connectivity index (χ3v) is 5.92. The normalized spacial score (nSPS) is 10.2. The quantitative estimate of drug-likeness (QED) is 0.333. The van der Waals surface area contributed by atoms with Crippen LogP contribution < -0.4 is 24.8 Å². The summed E-state index contributed by atoms with van der Waals surface area (Å²) in [5.41, 5.74) is 12.4. The molecule has 4 aromatic carbocycles. The average Bonchev–Trinajstić information content (AvgIpc) is 3.24. The molecule has 0 spiro atoms. The Hall–Kier alpha value is -1.40. The zero-order valence-corrected chi connectivity index (χ0v) is 24.7. The summed E-state index contributed by atoms with van der Waals surface area (Å²) in [7, 11) is 0. The van der Waals surface area contributed by atoms with Crippen LogP contribution in [0.1, 0.15) is 48.6 Å². The van der Waals surface area contributed by atoms with Gasteiger partial charge >= 0.3 is 26.2 Å². The van der Waals surface area contributed by atoms with Crippen LogP contribution in [0.25, 0.3) is 22.3 Å². The van der Waals surface area contributed by atoms with Crippen molar-refractivity contribution < 1.29 is 51.0 Å². The minimum Gasteiger partial charge on any atom is -1.00 e. The molecule has 0 aliphatic rings. The van der Waals surface area contributed by atoms with Gasteiger partial charge in [-0.25, -0.2) is 0 Å². The topological polar surface area (TPSA) is 0 Å². The van der Waals surface area contributed by atoms with E-state index in [4.69, 9.17) is 0 Å². The largest absolute Gasteiger partial charge is 4.00 e. The maximum Gasteiger partial charge on any atom is 4.00 e. The molecule has 33 heavy (non-hydrogen) atoms. The molecule has 0 atom stereocenters. The molecule has 4 rings (SSSR count). The number of benzene rings is 2. The van der Waals surface area contributed by atoms with Crippen LogP contribution in [0.15, 0.2) is 78.9 Å². The van der Waals surface area contributed by atoms with Crippen molar-refractivity contribution in [3.63, 3.8) is 0 Å². The van der Waals surface area contributed by atoms with E-state index in [0.717, 1.165) is 0 Å². The maximum atomic E-state index is 2.27. The molecule has 0 radical (unpaired) electrons. The van der Waals surface area contributed by atoms with Gasteiger partial charge in [-0.1, -0.05) is 95.5 Å². The molecule has 0 aromatic heterocycles. The minimum atomic E-state index is 0. The summed E-state index contributed by atoms with van der Waals surface area (Å²) in [5, 5.41) is 0. The molecule has 0 heterocycles. The molecule has 172 valence electrons. The number of hydrogen-bond acceptors (Lipinski definition) is 0. The summed E-state index contributed by atoms with van der Waals surface area (Å²) in [6.45, 7) is 15.4. The van der Waals surface area contributed by atoms with E-state index in [1.54, 1.807) is 0 Å². The summed E-state index contributed by atoms with van der Waals surface area (Å²) in [6, 6.07) is 28.5. The van der Waals surface area contributed by atoms with Crippen LogP contribution in [-0.4, -0.2) is 0 Å². The second-order valence-corrected chi connectivity index (χ2v) is 9.41. The van der Waals surface area contributed by atoms with Crippen molar-refractivity contribution in [1.29, 1.82) is 0 Å². The van der Waals surface area contributed by atoms with Gasteiger partial charge in [-0.2, -0.15) is 0 Å². The van der Waals surface area contributed by atoms with Crippen LogP contribution in [-0.2, 0) is 31.6 Å². The minimum absolute atomic E-state index is 0. The third kappa shape index (κ3) is 8.40. The first-order chi connectivity index (χ1) is 14.1. The zero-order chi connectivity index (χ0) is 21.9. The van der Waals surface area contributed by atoms with E-state index in [0.29, 0.717) is 0 Å². The monoisotopic (exact) mass is 554 g/mol. The first-order valence-electron chi connectivity index (χ1n) is 10.8. The summed E-state index contributed by atoms with van der Waals surface area (Å²) in [5.74, 6) is 0. The fraction of sp³-hybridized carbons (Fsp3) is 0.267. The Morgan fingerprint density at radius 2 is 0.848 bits per heavy atom. The molecule has 0 aliphatic heterocycles. The van der Waals surface area contributed by atoms with Gasteiger partial charge in [0.05, 0.1) is 0 Å².